The van der Waals surface area contributed by atoms with Crippen LogP contribution in [0.15, 0.2) is 18.2 Å². The van der Waals surface area contributed by atoms with Gasteiger partial charge in [0, 0.05) is 29.8 Å². The van der Waals surface area contributed by atoms with E-state index in [-0.39, 0.29) is 29.4 Å². The average molecular weight is 288 g/mol. The highest BCUT2D eigenvalue weighted by molar-refractivity contribution is 6.02. The molecule has 1 aromatic carbocycles. The van der Waals surface area contributed by atoms with Crippen molar-refractivity contribution in [2.75, 3.05) is 12.4 Å². The fraction of sp³-hybridized carbons (Fsp3) is 0.500. The molecular formula is C16H20N2O3. The van der Waals surface area contributed by atoms with Crippen LogP contribution in [0.4, 0.5) is 5.69 Å². The van der Waals surface area contributed by atoms with Crippen LogP contribution in [0.25, 0.3) is 0 Å². The third-order valence-corrected chi connectivity index (χ3v) is 4.76. The summed E-state index contributed by atoms with van der Waals surface area (Å²) in [6, 6.07) is 5.47. The number of hydrogen-bond donors (Lipinski definition) is 2. The van der Waals surface area contributed by atoms with Gasteiger partial charge in [0.1, 0.15) is 0 Å². The van der Waals surface area contributed by atoms with Gasteiger partial charge in [0.2, 0.25) is 5.91 Å². The van der Waals surface area contributed by atoms with Gasteiger partial charge in [-0.1, -0.05) is 19.9 Å². The van der Waals surface area contributed by atoms with Gasteiger partial charge in [0.05, 0.1) is 12.5 Å². The molecule has 21 heavy (non-hydrogen) atoms. The number of nitrogens with one attached hydrogen (secondary N) is 2. The molecule has 1 aliphatic carbocycles. The largest absolute Gasteiger partial charge is 0.381 e. The van der Waals surface area contributed by atoms with Crippen molar-refractivity contribution in [3.63, 3.8) is 0 Å². The van der Waals surface area contributed by atoms with Gasteiger partial charge in [-0.15, -0.1) is 0 Å². The SMILES string of the molecule is COC1CC(NC(=O)c2ccc3c(c2)NC(=O)C3)C1(C)C. The van der Waals surface area contributed by atoms with Crippen molar-refractivity contribution in [1.29, 1.82) is 0 Å². The van der Waals surface area contributed by atoms with Crippen molar-refractivity contribution < 1.29 is 14.3 Å². The lowest BCUT2D eigenvalue weighted by Gasteiger charge is -2.51. The van der Waals surface area contributed by atoms with E-state index in [1.165, 1.54) is 0 Å². The standard InChI is InChI=1S/C16H20N2O3/c1-16(2)12(8-13(16)21-3)18-15(20)10-5-4-9-7-14(19)17-11(9)6-10/h4-6,12-13H,7-8H2,1-3H3,(H,17,19)(H,18,20). The van der Waals surface area contributed by atoms with E-state index in [9.17, 15) is 9.59 Å². The number of methoxy groups -OCH3 is 1. The van der Waals surface area contributed by atoms with Crippen LogP contribution in [0.1, 0.15) is 36.2 Å². The first-order valence-corrected chi connectivity index (χ1v) is 7.18. The van der Waals surface area contributed by atoms with Crippen molar-refractivity contribution in [1.82, 2.24) is 5.32 Å². The lowest BCUT2D eigenvalue weighted by molar-refractivity contribution is -0.115. The molecule has 2 unspecified atom stereocenters. The van der Waals surface area contributed by atoms with Crippen LogP contribution in [-0.4, -0.2) is 31.1 Å². The van der Waals surface area contributed by atoms with E-state index in [0.717, 1.165) is 17.7 Å². The molecule has 0 bridgehead atoms. The first-order chi connectivity index (χ1) is 9.91. The Morgan fingerprint density at radius 1 is 1.43 bits per heavy atom. The van der Waals surface area contributed by atoms with Crippen LogP contribution >= 0.6 is 0 Å². The maximum absolute atomic E-state index is 12.3. The lowest BCUT2D eigenvalue weighted by atomic mass is 9.64. The Morgan fingerprint density at radius 3 is 2.86 bits per heavy atom. The minimum atomic E-state index is -0.105. The predicted octanol–water partition coefficient (Wildman–Crippen LogP) is 1.72. The van der Waals surface area contributed by atoms with Gasteiger partial charge in [0.15, 0.2) is 0 Å². The minimum absolute atomic E-state index is 0.0226. The summed E-state index contributed by atoms with van der Waals surface area (Å²) in [5, 5.41) is 5.83. The van der Waals surface area contributed by atoms with Gasteiger partial charge in [-0.2, -0.15) is 0 Å². The zero-order valence-corrected chi connectivity index (χ0v) is 12.5. The van der Waals surface area contributed by atoms with Gasteiger partial charge in [-0.3, -0.25) is 9.59 Å². The highest BCUT2D eigenvalue weighted by atomic mass is 16.5. The number of amides is 2. The summed E-state index contributed by atoms with van der Waals surface area (Å²) in [6.07, 6.45) is 1.40. The molecule has 0 saturated heterocycles. The molecule has 0 spiro atoms. The highest BCUT2D eigenvalue weighted by Gasteiger charge is 2.49. The summed E-state index contributed by atoms with van der Waals surface area (Å²) in [5.41, 5.74) is 2.21. The molecule has 1 aliphatic heterocycles. The van der Waals surface area contributed by atoms with Gasteiger partial charge >= 0.3 is 0 Å². The molecular weight excluding hydrogens is 268 g/mol. The molecule has 1 heterocycles. The van der Waals surface area contributed by atoms with Gasteiger partial charge in [-0.05, 0) is 24.1 Å². The first-order valence-electron chi connectivity index (χ1n) is 7.18. The molecule has 1 aromatic rings. The van der Waals surface area contributed by atoms with E-state index >= 15 is 0 Å². The van der Waals surface area contributed by atoms with Gasteiger partial charge in [0.25, 0.3) is 5.91 Å². The van der Waals surface area contributed by atoms with E-state index < -0.39 is 0 Å². The summed E-state index contributed by atoms with van der Waals surface area (Å²) < 4.78 is 5.39. The second-order valence-corrected chi connectivity index (χ2v) is 6.40. The maximum atomic E-state index is 12.3. The summed E-state index contributed by atoms with van der Waals surface area (Å²) in [6.45, 7) is 4.19. The highest BCUT2D eigenvalue weighted by Crippen LogP contribution is 2.42. The number of rotatable bonds is 3. The van der Waals surface area contributed by atoms with E-state index in [4.69, 9.17) is 4.74 Å². The predicted molar refractivity (Wildman–Crippen MR) is 79.2 cm³/mol. The number of carbonyl (C=O) groups excluding carboxylic acids is 2. The van der Waals surface area contributed by atoms with Crippen molar-refractivity contribution in [2.24, 2.45) is 5.41 Å². The second-order valence-electron chi connectivity index (χ2n) is 6.40. The zero-order chi connectivity index (χ0) is 15.2. The summed E-state index contributed by atoms with van der Waals surface area (Å²) >= 11 is 0. The minimum Gasteiger partial charge on any atom is -0.381 e. The third kappa shape index (κ3) is 2.31. The molecule has 2 amide bonds. The van der Waals surface area contributed by atoms with Crippen LogP contribution in [0.5, 0.6) is 0 Å². The van der Waals surface area contributed by atoms with Crippen LogP contribution in [0.3, 0.4) is 0 Å². The second kappa shape index (κ2) is 4.84. The van der Waals surface area contributed by atoms with Gasteiger partial charge < -0.3 is 15.4 Å². The van der Waals surface area contributed by atoms with Crippen molar-refractivity contribution in [3.05, 3.63) is 29.3 Å². The summed E-state index contributed by atoms with van der Waals surface area (Å²) in [5.74, 6) is -0.128. The smallest absolute Gasteiger partial charge is 0.251 e. The van der Waals surface area contributed by atoms with Crippen LogP contribution in [0, 0.1) is 5.41 Å². The van der Waals surface area contributed by atoms with Crippen molar-refractivity contribution >= 4 is 17.5 Å². The Kier molecular flexibility index (Phi) is 3.24. The molecule has 5 heteroatoms. The average Bonchev–Trinajstić information content (AvgIpc) is 2.81. The molecule has 0 radical (unpaired) electrons. The van der Waals surface area contributed by atoms with Crippen LogP contribution in [0.2, 0.25) is 0 Å². The molecule has 2 N–H and O–H groups in total. The van der Waals surface area contributed by atoms with E-state index in [1.54, 1.807) is 19.2 Å². The molecule has 2 atom stereocenters. The maximum Gasteiger partial charge on any atom is 0.251 e. The Balaban J connectivity index is 1.70. The fourth-order valence-corrected chi connectivity index (χ4v) is 3.13. The number of carbonyl (C=O) groups is 2. The van der Waals surface area contributed by atoms with E-state index in [1.807, 2.05) is 6.07 Å². The molecule has 1 fully saturated rings. The lowest BCUT2D eigenvalue weighted by Crippen LogP contribution is -2.61. The zero-order valence-electron chi connectivity index (χ0n) is 12.5. The Hall–Kier alpha value is -1.88. The monoisotopic (exact) mass is 288 g/mol. The van der Waals surface area contributed by atoms with Gasteiger partial charge in [-0.25, -0.2) is 0 Å². The van der Waals surface area contributed by atoms with Crippen molar-refractivity contribution in [3.8, 4) is 0 Å². The normalized spacial score (nSPS) is 25.8. The molecule has 5 nitrogen and oxygen atoms in total. The Morgan fingerprint density at radius 2 is 2.19 bits per heavy atom. The van der Waals surface area contributed by atoms with E-state index in [2.05, 4.69) is 24.5 Å². The van der Waals surface area contributed by atoms with Crippen LogP contribution in [-0.2, 0) is 16.0 Å². The molecule has 1 saturated carbocycles. The third-order valence-electron chi connectivity index (χ3n) is 4.76. The Labute approximate surface area is 124 Å². The Bertz CT molecular complexity index is 610. The molecule has 2 aliphatic rings. The number of ether oxygens (including phenoxy) is 1. The summed E-state index contributed by atoms with van der Waals surface area (Å²) in [4.78, 5) is 23.7. The first kappa shape index (κ1) is 14.1. The molecule has 112 valence electrons. The fourth-order valence-electron chi connectivity index (χ4n) is 3.13. The topological polar surface area (TPSA) is 67.4 Å². The quantitative estimate of drug-likeness (QED) is 0.890. The molecule has 3 rings (SSSR count). The number of benzene rings is 1. The number of anilines is 1. The number of hydrogen-bond acceptors (Lipinski definition) is 3. The molecule has 0 aromatic heterocycles. The van der Waals surface area contributed by atoms with E-state index in [0.29, 0.717) is 12.0 Å². The summed E-state index contributed by atoms with van der Waals surface area (Å²) in [7, 11) is 1.70. The van der Waals surface area contributed by atoms with Crippen LogP contribution < -0.4 is 10.6 Å². The number of fused-ring (bicyclic) bond motifs is 1. The van der Waals surface area contributed by atoms with Crippen molar-refractivity contribution in [2.45, 2.75) is 38.8 Å².